The van der Waals surface area contributed by atoms with Crippen LogP contribution >= 0.6 is 12.4 Å². The molecule has 2 nitrogen and oxygen atoms in total. The summed E-state index contributed by atoms with van der Waals surface area (Å²) < 4.78 is 6.18. The Hall–Kier alpha value is -0.730. The number of hydrogen-bond acceptors (Lipinski definition) is 2. The Morgan fingerprint density at radius 1 is 1.29 bits per heavy atom. The summed E-state index contributed by atoms with van der Waals surface area (Å²) in [4.78, 5) is 0. The molecular weight excluding hydrogens is 234 g/mol. The maximum absolute atomic E-state index is 6.18. The first-order chi connectivity index (χ1) is 7.70. The highest BCUT2D eigenvalue weighted by atomic mass is 35.5. The van der Waals surface area contributed by atoms with Crippen LogP contribution in [0.15, 0.2) is 24.3 Å². The van der Waals surface area contributed by atoms with Crippen LogP contribution < -0.4 is 10.1 Å². The van der Waals surface area contributed by atoms with Gasteiger partial charge in [-0.15, -0.1) is 12.4 Å². The van der Waals surface area contributed by atoms with Gasteiger partial charge in [0.2, 0.25) is 0 Å². The van der Waals surface area contributed by atoms with E-state index < -0.39 is 0 Å². The van der Waals surface area contributed by atoms with Crippen molar-refractivity contribution in [3.8, 4) is 5.75 Å². The highest BCUT2D eigenvalue weighted by Crippen LogP contribution is 2.48. The zero-order valence-corrected chi connectivity index (χ0v) is 11.2. The van der Waals surface area contributed by atoms with Crippen LogP contribution in [-0.4, -0.2) is 18.7 Å². The van der Waals surface area contributed by atoms with Gasteiger partial charge in [-0.1, -0.05) is 18.2 Å². The quantitative estimate of drug-likeness (QED) is 0.830. The molecule has 1 aliphatic heterocycles. The Morgan fingerprint density at radius 2 is 2.06 bits per heavy atom. The molecule has 0 aromatic heterocycles. The maximum Gasteiger partial charge on any atom is 0.123 e. The number of halogens is 1. The first kappa shape index (κ1) is 12.7. The summed E-state index contributed by atoms with van der Waals surface area (Å²) in [6.07, 6.45) is 3.53. The third-order valence-electron chi connectivity index (χ3n) is 4.05. The van der Waals surface area contributed by atoms with Gasteiger partial charge >= 0.3 is 0 Å². The molecule has 0 saturated heterocycles. The number of para-hydroxylation sites is 1. The summed E-state index contributed by atoms with van der Waals surface area (Å²) in [6, 6.07) is 9.11. The highest BCUT2D eigenvalue weighted by Gasteiger charge is 2.43. The van der Waals surface area contributed by atoms with Gasteiger partial charge in [-0.05, 0) is 44.4 Å². The molecule has 2 aliphatic rings. The second-order valence-electron chi connectivity index (χ2n) is 5.42. The Morgan fingerprint density at radius 3 is 2.82 bits per heavy atom. The molecule has 3 rings (SSSR count). The third-order valence-corrected chi connectivity index (χ3v) is 4.05. The topological polar surface area (TPSA) is 21.3 Å². The number of ether oxygens (including phenoxy) is 1. The summed E-state index contributed by atoms with van der Waals surface area (Å²) in [7, 11) is 2.06. The lowest BCUT2D eigenvalue weighted by Crippen LogP contribution is -2.49. The molecule has 1 heterocycles. The van der Waals surface area contributed by atoms with E-state index in [1.54, 1.807) is 0 Å². The van der Waals surface area contributed by atoms with Gasteiger partial charge in [-0.3, -0.25) is 0 Å². The molecule has 1 aromatic carbocycles. The molecule has 1 saturated carbocycles. The van der Waals surface area contributed by atoms with Crippen LogP contribution in [-0.2, 0) is 0 Å². The van der Waals surface area contributed by atoms with Gasteiger partial charge < -0.3 is 10.1 Å². The number of rotatable bonds is 1. The molecular formula is C14H20ClNO. The number of hydrogen-bond donors (Lipinski definition) is 1. The summed E-state index contributed by atoms with van der Waals surface area (Å²) in [5.74, 6) is 1.77. The van der Waals surface area contributed by atoms with Gasteiger partial charge in [0, 0.05) is 12.5 Å². The lowest BCUT2D eigenvalue weighted by molar-refractivity contribution is 0.00890. The predicted molar refractivity (Wildman–Crippen MR) is 72.2 cm³/mol. The molecule has 0 amide bonds. The van der Waals surface area contributed by atoms with Crippen molar-refractivity contribution >= 4 is 12.4 Å². The molecule has 1 N–H and O–H groups in total. The monoisotopic (exact) mass is 253 g/mol. The average molecular weight is 254 g/mol. The van der Waals surface area contributed by atoms with Crippen molar-refractivity contribution in [1.82, 2.24) is 5.32 Å². The molecule has 1 aliphatic carbocycles. The molecule has 1 aromatic rings. The van der Waals surface area contributed by atoms with Gasteiger partial charge in [0.1, 0.15) is 11.4 Å². The molecule has 0 radical (unpaired) electrons. The largest absolute Gasteiger partial charge is 0.487 e. The van der Waals surface area contributed by atoms with Gasteiger partial charge in [0.25, 0.3) is 0 Å². The smallest absolute Gasteiger partial charge is 0.123 e. The van der Waals surface area contributed by atoms with Crippen molar-refractivity contribution in [2.45, 2.75) is 43.7 Å². The van der Waals surface area contributed by atoms with Gasteiger partial charge in [0.15, 0.2) is 0 Å². The van der Waals surface area contributed by atoms with E-state index in [1.807, 2.05) is 0 Å². The van der Waals surface area contributed by atoms with E-state index in [4.69, 9.17) is 4.74 Å². The van der Waals surface area contributed by atoms with E-state index in [1.165, 1.54) is 18.4 Å². The van der Waals surface area contributed by atoms with Gasteiger partial charge in [-0.25, -0.2) is 0 Å². The summed E-state index contributed by atoms with van der Waals surface area (Å²) >= 11 is 0. The molecule has 2 unspecified atom stereocenters. The van der Waals surface area contributed by atoms with Crippen LogP contribution in [0.4, 0.5) is 0 Å². The summed E-state index contributed by atoms with van der Waals surface area (Å²) in [5, 5.41) is 3.41. The van der Waals surface area contributed by atoms with Crippen molar-refractivity contribution in [3.05, 3.63) is 29.8 Å². The minimum Gasteiger partial charge on any atom is -0.487 e. The van der Waals surface area contributed by atoms with Gasteiger partial charge in [0.05, 0.1) is 0 Å². The van der Waals surface area contributed by atoms with E-state index in [0.29, 0.717) is 12.0 Å². The van der Waals surface area contributed by atoms with Crippen LogP contribution in [0.25, 0.3) is 0 Å². The molecule has 17 heavy (non-hydrogen) atoms. The number of fused-ring (bicyclic) bond motifs is 4. The van der Waals surface area contributed by atoms with Crippen molar-refractivity contribution in [2.24, 2.45) is 0 Å². The molecule has 2 bridgehead atoms. The minimum absolute atomic E-state index is 0. The maximum atomic E-state index is 6.18. The fourth-order valence-electron chi connectivity index (χ4n) is 3.35. The summed E-state index contributed by atoms with van der Waals surface area (Å²) in [5.41, 5.74) is 1.44. The third kappa shape index (κ3) is 2.16. The minimum atomic E-state index is 0. The first-order valence-electron chi connectivity index (χ1n) is 6.15. The van der Waals surface area contributed by atoms with Gasteiger partial charge in [-0.2, -0.15) is 0 Å². The Bertz CT molecular complexity index is 409. The lowest BCUT2D eigenvalue weighted by atomic mass is 9.71. The van der Waals surface area contributed by atoms with E-state index >= 15 is 0 Å². The van der Waals surface area contributed by atoms with E-state index in [-0.39, 0.29) is 18.0 Å². The molecule has 1 fully saturated rings. The predicted octanol–water partition coefficient (Wildman–Crippen LogP) is 3.12. The lowest BCUT2D eigenvalue weighted by Gasteiger charge is -2.47. The van der Waals surface area contributed by atoms with Crippen LogP contribution in [0.5, 0.6) is 5.75 Å². The number of benzene rings is 1. The zero-order chi connectivity index (χ0) is 11.2. The van der Waals surface area contributed by atoms with E-state index in [9.17, 15) is 0 Å². The SMILES string of the molecule is CN[C@H]1CC2CC(C)(C1)Oc1ccccc12.Cl. The second kappa shape index (κ2) is 4.51. The highest BCUT2D eigenvalue weighted by molar-refractivity contribution is 5.85. The van der Waals surface area contributed by atoms with E-state index in [0.717, 1.165) is 12.2 Å². The van der Waals surface area contributed by atoms with Crippen molar-refractivity contribution in [2.75, 3.05) is 7.05 Å². The van der Waals surface area contributed by atoms with Crippen molar-refractivity contribution < 1.29 is 4.74 Å². The van der Waals surface area contributed by atoms with Crippen molar-refractivity contribution in [1.29, 1.82) is 0 Å². The Labute approximate surface area is 109 Å². The van der Waals surface area contributed by atoms with Crippen LogP contribution in [0.2, 0.25) is 0 Å². The van der Waals surface area contributed by atoms with E-state index in [2.05, 4.69) is 43.6 Å². The molecule has 94 valence electrons. The fraction of sp³-hybridized carbons (Fsp3) is 0.571. The number of nitrogens with one attached hydrogen (secondary N) is 1. The van der Waals surface area contributed by atoms with Crippen LogP contribution in [0.3, 0.4) is 0 Å². The Balaban J connectivity index is 0.00000108. The summed E-state index contributed by atoms with van der Waals surface area (Å²) in [6.45, 7) is 2.25. The van der Waals surface area contributed by atoms with Crippen LogP contribution in [0, 0.1) is 0 Å². The first-order valence-corrected chi connectivity index (χ1v) is 6.15. The molecule has 0 spiro atoms. The normalized spacial score (nSPS) is 34.2. The average Bonchev–Trinajstić information content (AvgIpc) is 2.27. The standard InChI is InChI=1S/C14H19NO.ClH/c1-14-8-10(7-11(9-14)15-2)12-5-3-4-6-13(12)16-14;/h3-6,10-11,15H,7-9H2,1-2H3;1H/t10?,11-,14?;/m0./s1. The van der Waals surface area contributed by atoms with Crippen molar-refractivity contribution in [3.63, 3.8) is 0 Å². The zero-order valence-electron chi connectivity index (χ0n) is 10.4. The molecule has 3 atom stereocenters. The fourth-order valence-corrected chi connectivity index (χ4v) is 3.35. The second-order valence-corrected chi connectivity index (χ2v) is 5.42. The Kier molecular flexibility index (Phi) is 3.37. The van der Waals surface area contributed by atoms with Crippen LogP contribution in [0.1, 0.15) is 37.7 Å². The molecule has 3 heteroatoms.